The maximum absolute atomic E-state index is 12.9. The quantitative estimate of drug-likeness (QED) is 0.0146. The molecule has 0 rings (SSSR count). The van der Waals surface area contributed by atoms with Gasteiger partial charge in [0.2, 0.25) is 0 Å². The van der Waals surface area contributed by atoms with Crippen molar-refractivity contribution in [2.75, 3.05) is 39.6 Å². The van der Waals surface area contributed by atoms with Crippen molar-refractivity contribution in [2.45, 2.75) is 257 Å². The van der Waals surface area contributed by atoms with Crippen LogP contribution in [0.4, 0.5) is 0 Å². The average molecular weight is 1340 g/mol. The first-order valence-electron chi connectivity index (χ1n) is 34.8. The second-order valence-electron chi connectivity index (χ2n) is 22.6. The SMILES string of the molecule is CC/C=C\C/C=C\C/C=C\C/C=C\C/C=C\C/C=C\CCCCC(=O)OCC(COP(=O)(O)OCC(O)COP(=O)(O)OCC(O)COC(=O)CCCCCCCCC/C=C\C/C=C\C/C=C\C/C=C\C/C=C\CC)OC(=O)CCCCCCC/C=C\C/C=C\CCC. The number of ether oxygens (including phenoxy) is 3. The van der Waals surface area contributed by atoms with Gasteiger partial charge in [0.15, 0.2) is 6.10 Å². The summed E-state index contributed by atoms with van der Waals surface area (Å²) in [7, 11) is -9.81. The van der Waals surface area contributed by atoms with E-state index in [1.165, 1.54) is 0 Å². The Bertz CT molecular complexity index is 2320. The van der Waals surface area contributed by atoms with Crippen LogP contribution in [0.15, 0.2) is 158 Å². The first kappa shape index (κ1) is 88.2. The Labute approximate surface area is 561 Å². The lowest BCUT2D eigenvalue weighted by atomic mass is 10.1. The third kappa shape index (κ3) is 68.4. The minimum atomic E-state index is -4.94. The van der Waals surface area contributed by atoms with Crippen molar-refractivity contribution in [1.29, 1.82) is 0 Å². The molecule has 93 heavy (non-hydrogen) atoms. The Morgan fingerprint density at radius 2 is 0.570 bits per heavy atom. The molecule has 16 nitrogen and oxygen atoms in total. The zero-order valence-corrected chi connectivity index (χ0v) is 58.9. The average Bonchev–Trinajstić information content (AvgIpc) is 3.52. The molecule has 528 valence electrons. The molecule has 0 saturated carbocycles. The van der Waals surface area contributed by atoms with Gasteiger partial charge in [0, 0.05) is 19.3 Å². The van der Waals surface area contributed by atoms with Crippen molar-refractivity contribution in [3.63, 3.8) is 0 Å². The van der Waals surface area contributed by atoms with Crippen molar-refractivity contribution >= 4 is 33.6 Å². The van der Waals surface area contributed by atoms with Crippen molar-refractivity contribution in [3.05, 3.63) is 158 Å². The van der Waals surface area contributed by atoms with Crippen molar-refractivity contribution in [3.8, 4) is 0 Å². The van der Waals surface area contributed by atoms with Crippen LogP contribution in [0, 0.1) is 0 Å². The van der Waals surface area contributed by atoms with E-state index in [9.17, 15) is 43.5 Å². The molecule has 0 aliphatic heterocycles. The highest BCUT2D eigenvalue weighted by molar-refractivity contribution is 7.47. The van der Waals surface area contributed by atoms with Crippen LogP contribution in [0.5, 0.6) is 0 Å². The first-order chi connectivity index (χ1) is 45.2. The molecule has 5 unspecified atom stereocenters. The van der Waals surface area contributed by atoms with Gasteiger partial charge in [-0.3, -0.25) is 32.5 Å². The summed E-state index contributed by atoms with van der Waals surface area (Å²) >= 11 is 0. The van der Waals surface area contributed by atoms with E-state index in [-0.39, 0.29) is 19.3 Å². The second kappa shape index (κ2) is 67.2. The summed E-state index contributed by atoms with van der Waals surface area (Å²) in [6, 6.07) is 0. The summed E-state index contributed by atoms with van der Waals surface area (Å²) in [6.07, 6.45) is 81.6. The van der Waals surface area contributed by atoms with Gasteiger partial charge >= 0.3 is 33.6 Å². The van der Waals surface area contributed by atoms with Crippen LogP contribution < -0.4 is 0 Å². The number of aliphatic hydroxyl groups is 2. The Morgan fingerprint density at radius 3 is 0.925 bits per heavy atom. The second-order valence-corrected chi connectivity index (χ2v) is 25.5. The van der Waals surface area contributed by atoms with Crippen LogP contribution in [-0.4, -0.2) is 95.9 Å². The fourth-order valence-corrected chi connectivity index (χ4v) is 10.0. The number of esters is 3. The molecule has 0 aliphatic rings. The Kier molecular flexibility index (Phi) is 63.7. The maximum Gasteiger partial charge on any atom is 0.472 e. The minimum absolute atomic E-state index is 0.0723. The van der Waals surface area contributed by atoms with Crippen LogP contribution in [0.2, 0.25) is 0 Å². The van der Waals surface area contributed by atoms with Gasteiger partial charge in [-0.1, -0.05) is 237 Å². The number of phosphoric ester groups is 2. The number of hydrogen-bond donors (Lipinski definition) is 4. The van der Waals surface area contributed by atoms with Gasteiger partial charge < -0.3 is 34.2 Å². The number of hydrogen-bond acceptors (Lipinski definition) is 14. The molecule has 0 aromatic carbocycles. The molecule has 0 aromatic rings. The molecule has 0 amide bonds. The molecule has 0 fully saturated rings. The predicted molar refractivity (Wildman–Crippen MR) is 380 cm³/mol. The van der Waals surface area contributed by atoms with E-state index >= 15 is 0 Å². The van der Waals surface area contributed by atoms with Crippen LogP contribution in [0.25, 0.3) is 0 Å². The first-order valence-corrected chi connectivity index (χ1v) is 37.8. The van der Waals surface area contributed by atoms with E-state index in [4.69, 9.17) is 32.3 Å². The standard InChI is InChI=1S/C75H122O16P2/c1-4-7-10-13-16-19-22-25-27-29-31-33-34-36-38-39-41-44-46-49-52-55-58-61-73(78)85-64-70(76)65-87-92(81,82)88-66-71(77)67-89-93(83,84)90-69-72(91-75(80)63-60-57-54-51-48-43-24-21-18-15-12-9-6-3)68-86-74(79)62-59-56-53-50-47-45-42-40-37-35-32-30-28-26-23-20-17-14-11-8-5-2/h7-8,10-12,15-17,19-21,24-28,31-33,35-36,38,40,42,47,50,70-72,76-77H,4-6,9,13-14,18,22-23,29-30,34,37,39,41,43-46,48-49,51-69H2,1-3H3,(H,81,82)(H,83,84)/b10-7-,11-8-,15-12-,19-16-,20-17-,24-21-,27-25-,28-26-,33-31-,35-32-,38-36-,42-40-,50-47-. The number of carbonyl (C=O) groups excluding carboxylic acids is 3. The molecule has 18 heteroatoms. The van der Waals surface area contributed by atoms with E-state index < -0.39 is 91.5 Å². The lowest BCUT2D eigenvalue weighted by Gasteiger charge is -2.21. The highest BCUT2D eigenvalue weighted by Gasteiger charge is 2.29. The maximum atomic E-state index is 12.9. The highest BCUT2D eigenvalue weighted by Crippen LogP contribution is 2.45. The Balaban J connectivity index is 4.68. The summed E-state index contributed by atoms with van der Waals surface area (Å²) in [5.41, 5.74) is 0. The number of allylic oxidation sites excluding steroid dienone is 26. The van der Waals surface area contributed by atoms with Crippen LogP contribution in [0.3, 0.4) is 0 Å². The lowest BCUT2D eigenvalue weighted by molar-refractivity contribution is -0.161. The Morgan fingerprint density at radius 1 is 0.312 bits per heavy atom. The number of rotatable bonds is 64. The molecule has 0 aromatic heterocycles. The summed E-state index contributed by atoms with van der Waals surface area (Å²) in [5.74, 6) is -1.67. The molecule has 4 N–H and O–H groups in total. The van der Waals surface area contributed by atoms with Crippen LogP contribution >= 0.6 is 15.6 Å². The molecule has 0 radical (unpaired) electrons. The summed E-state index contributed by atoms with van der Waals surface area (Å²) < 4.78 is 60.8. The van der Waals surface area contributed by atoms with Crippen LogP contribution in [0.1, 0.15) is 239 Å². The van der Waals surface area contributed by atoms with Gasteiger partial charge in [-0.05, 0) is 141 Å². The van der Waals surface area contributed by atoms with Crippen molar-refractivity contribution in [1.82, 2.24) is 0 Å². The fourth-order valence-electron chi connectivity index (χ4n) is 8.46. The van der Waals surface area contributed by atoms with Gasteiger partial charge in [0.05, 0.1) is 26.4 Å². The lowest BCUT2D eigenvalue weighted by Crippen LogP contribution is -2.30. The van der Waals surface area contributed by atoms with Crippen molar-refractivity contribution < 1.29 is 75.8 Å². The number of unbranched alkanes of at least 4 members (excludes halogenated alkanes) is 15. The number of aliphatic hydroxyl groups excluding tert-OH is 2. The van der Waals surface area contributed by atoms with Gasteiger partial charge in [-0.25, -0.2) is 9.13 Å². The van der Waals surface area contributed by atoms with E-state index in [0.29, 0.717) is 19.3 Å². The summed E-state index contributed by atoms with van der Waals surface area (Å²) in [5, 5.41) is 20.6. The molecule has 5 atom stereocenters. The van der Waals surface area contributed by atoms with E-state index in [1.54, 1.807) is 0 Å². The van der Waals surface area contributed by atoms with Gasteiger partial charge in [-0.2, -0.15) is 0 Å². The molecule has 0 bridgehead atoms. The Hall–Kier alpha value is -4.83. The normalized spacial score (nSPS) is 15.1. The third-order valence-electron chi connectivity index (χ3n) is 13.7. The fraction of sp³-hybridized carbons (Fsp3) is 0.613. The van der Waals surface area contributed by atoms with E-state index in [2.05, 4.69) is 179 Å². The largest absolute Gasteiger partial charge is 0.472 e. The van der Waals surface area contributed by atoms with E-state index in [1.807, 2.05) is 0 Å². The molecule has 0 saturated heterocycles. The predicted octanol–water partition coefficient (Wildman–Crippen LogP) is 19.5. The van der Waals surface area contributed by atoms with Crippen molar-refractivity contribution in [2.24, 2.45) is 0 Å². The highest BCUT2D eigenvalue weighted by atomic mass is 31.2. The molecular formula is C75H122O16P2. The summed E-state index contributed by atoms with van der Waals surface area (Å²) in [6.45, 7) is 2.26. The molecule has 0 aliphatic carbocycles. The molecular weight excluding hydrogens is 1220 g/mol. The summed E-state index contributed by atoms with van der Waals surface area (Å²) in [4.78, 5) is 58.4. The van der Waals surface area contributed by atoms with Gasteiger partial charge in [0.1, 0.15) is 25.4 Å². The molecule has 0 heterocycles. The zero-order valence-electron chi connectivity index (χ0n) is 57.1. The minimum Gasteiger partial charge on any atom is -0.463 e. The van der Waals surface area contributed by atoms with Gasteiger partial charge in [-0.15, -0.1) is 0 Å². The van der Waals surface area contributed by atoms with Crippen LogP contribution in [-0.2, 0) is 55.8 Å². The van der Waals surface area contributed by atoms with Gasteiger partial charge in [0.25, 0.3) is 0 Å². The van der Waals surface area contributed by atoms with E-state index in [0.717, 1.165) is 180 Å². The number of carbonyl (C=O) groups is 3. The molecule has 0 spiro atoms. The number of phosphoric acid groups is 2. The smallest absolute Gasteiger partial charge is 0.463 e. The zero-order chi connectivity index (χ0) is 68.1. The monoisotopic (exact) mass is 1340 g/mol. The third-order valence-corrected chi connectivity index (χ3v) is 15.6. The topological polar surface area (TPSA) is 231 Å².